The van der Waals surface area contributed by atoms with E-state index in [1.165, 1.54) is 0 Å². The molecule has 372 valence electrons. The van der Waals surface area contributed by atoms with Crippen LogP contribution in [0.2, 0.25) is 0 Å². The zero-order chi connectivity index (χ0) is 48.8. The first-order valence-corrected chi connectivity index (χ1v) is 25.6. The molecule has 5 atom stereocenters. The van der Waals surface area contributed by atoms with Gasteiger partial charge in [-0.15, -0.1) is 0 Å². The number of allylic oxidation sites excluding steroid dienone is 22. The van der Waals surface area contributed by atoms with Crippen molar-refractivity contribution in [3.05, 3.63) is 134 Å². The van der Waals surface area contributed by atoms with E-state index in [9.17, 15) is 43.8 Å². The Hall–Kier alpha value is -3.82. The van der Waals surface area contributed by atoms with E-state index in [0.717, 1.165) is 57.8 Å². The van der Waals surface area contributed by atoms with Gasteiger partial charge in [-0.1, -0.05) is 154 Å². The number of hydrogen-bond acceptors (Lipinski definition) is 13. The van der Waals surface area contributed by atoms with Crippen molar-refractivity contribution >= 4 is 27.6 Å². The third kappa shape index (κ3) is 45.3. The molecule has 0 spiro atoms. The molecular weight excluding hydrogens is 890 g/mol. The maximum Gasteiger partial charge on any atom is 0.472 e. The average Bonchev–Trinajstić information content (AvgIpc) is 3.29. The van der Waals surface area contributed by atoms with Crippen LogP contribution in [0.15, 0.2) is 134 Å². The molecule has 0 heterocycles. The summed E-state index contributed by atoms with van der Waals surface area (Å²) in [6, 6.07) is 0. The zero-order valence-electron chi connectivity index (χ0n) is 38.8. The van der Waals surface area contributed by atoms with Crippen molar-refractivity contribution in [1.29, 1.82) is 0 Å². The summed E-state index contributed by atoms with van der Waals surface area (Å²) in [5, 5.41) is 30.0. The minimum atomic E-state index is -4.81. The Labute approximate surface area is 393 Å². The predicted octanol–water partition coefficient (Wildman–Crippen LogP) is 10.0. The highest BCUT2D eigenvalue weighted by Gasteiger charge is 2.28. The van der Waals surface area contributed by atoms with Gasteiger partial charge < -0.3 is 34.6 Å². The standard InChI is InChI=1S/C49H76O15P2/c1-3-5-7-9-11-13-15-17-19-21-23-25-27-29-31-33-35-37-48(53)59-39-45(50)41-61-65(55,56)63-43-47(52)44-64-66(57,58)62-42-46(51)40-60-49(54)38-36-34-32-30-28-26-24-22-20-18-16-14-12-10-8-6-4-2/h5-9,11-15,17-21,23-27,30,32,45-47,50-52H,3-4,10,16,22,28-29,31,33-44H2,1-2H3,(H,55,56)(H,57,58)/b7-5-,8-6-,11-9+,14-12-,15-13+,19-17-,20-18-,23-21+,26-24-,27-25+,32-30-. The number of phosphoric acid groups is 2. The number of phosphoric ester groups is 2. The van der Waals surface area contributed by atoms with Crippen LogP contribution in [0, 0.1) is 0 Å². The average molecular weight is 967 g/mol. The molecule has 15 nitrogen and oxygen atoms in total. The third-order valence-electron chi connectivity index (χ3n) is 8.26. The van der Waals surface area contributed by atoms with Crippen molar-refractivity contribution in [1.82, 2.24) is 0 Å². The van der Waals surface area contributed by atoms with Gasteiger partial charge in [0.15, 0.2) is 0 Å². The monoisotopic (exact) mass is 966 g/mol. The molecule has 0 aliphatic rings. The third-order valence-corrected chi connectivity index (χ3v) is 10.2. The highest BCUT2D eigenvalue weighted by molar-refractivity contribution is 7.47. The van der Waals surface area contributed by atoms with Crippen LogP contribution in [0.1, 0.15) is 104 Å². The van der Waals surface area contributed by atoms with Crippen LogP contribution in [0.5, 0.6) is 0 Å². The number of carbonyl (C=O) groups excluding carboxylic acids is 2. The second kappa shape index (κ2) is 43.7. The Balaban J connectivity index is 4.05. The molecule has 0 amide bonds. The van der Waals surface area contributed by atoms with Gasteiger partial charge in [0.2, 0.25) is 0 Å². The van der Waals surface area contributed by atoms with Gasteiger partial charge in [0.05, 0.1) is 26.4 Å². The molecule has 5 N–H and O–H groups in total. The lowest BCUT2D eigenvalue weighted by atomic mass is 10.1. The summed E-state index contributed by atoms with van der Waals surface area (Å²) < 4.78 is 52.8. The molecule has 66 heavy (non-hydrogen) atoms. The predicted molar refractivity (Wildman–Crippen MR) is 260 cm³/mol. The maximum absolute atomic E-state index is 12.1. The van der Waals surface area contributed by atoms with E-state index >= 15 is 0 Å². The van der Waals surface area contributed by atoms with Crippen LogP contribution in [-0.4, -0.2) is 95.0 Å². The first-order valence-electron chi connectivity index (χ1n) is 22.6. The molecule has 5 unspecified atom stereocenters. The molecule has 0 aliphatic carbocycles. The number of hydrogen-bond donors (Lipinski definition) is 5. The number of esters is 2. The van der Waals surface area contributed by atoms with E-state index in [1.807, 2.05) is 79.0 Å². The van der Waals surface area contributed by atoms with Gasteiger partial charge in [-0.3, -0.25) is 27.7 Å². The van der Waals surface area contributed by atoms with Gasteiger partial charge in [0.25, 0.3) is 0 Å². The molecule has 0 fully saturated rings. The van der Waals surface area contributed by atoms with E-state index in [2.05, 4.69) is 86.6 Å². The summed E-state index contributed by atoms with van der Waals surface area (Å²) in [5.41, 5.74) is 0. The van der Waals surface area contributed by atoms with Gasteiger partial charge in [0.1, 0.15) is 31.5 Å². The van der Waals surface area contributed by atoms with Crippen LogP contribution in [0.25, 0.3) is 0 Å². The minimum Gasteiger partial charge on any atom is -0.463 e. The van der Waals surface area contributed by atoms with E-state index in [-0.39, 0.29) is 12.8 Å². The van der Waals surface area contributed by atoms with Gasteiger partial charge in [-0.05, 0) is 70.6 Å². The lowest BCUT2D eigenvalue weighted by Crippen LogP contribution is -2.25. The van der Waals surface area contributed by atoms with Crippen LogP contribution in [-0.2, 0) is 46.3 Å². The van der Waals surface area contributed by atoms with Gasteiger partial charge >= 0.3 is 27.6 Å². The molecule has 0 saturated carbocycles. The van der Waals surface area contributed by atoms with Crippen molar-refractivity contribution in [2.75, 3.05) is 39.6 Å². The molecule has 0 radical (unpaired) electrons. The molecule has 0 bridgehead atoms. The quantitative estimate of drug-likeness (QED) is 0.0126. The molecule has 0 rings (SSSR count). The Morgan fingerprint density at radius 2 is 0.742 bits per heavy atom. The summed E-state index contributed by atoms with van der Waals surface area (Å²) in [6.45, 7) is -0.0210. The summed E-state index contributed by atoms with van der Waals surface area (Å²) in [6.07, 6.45) is 50.2. The number of carbonyl (C=O) groups is 2. The number of ether oxygens (including phenoxy) is 2. The smallest absolute Gasteiger partial charge is 0.463 e. The molecular formula is C49H76O15P2. The van der Waals surface area contributed by atoms with E-state index < -0.39 is 85.5 Å². The topological polar surface area (TPSA) is 225 Å². The van der Waals surface area contributed by atoms with Crippen molar-refractivity contribution in [2.45, 2.75) is 122 Å². The van der Waals surface area contributed by atoms with Gasteiger partial charge in [-0.2, -0.15) is 0 Å². The second-order valence-corrected chi connectivity index (χ2v) is 17.4. The highest BCUT2D eigenvalue weighted by Crippen LogP contribution is 2.45. The minimum absolute atomic E-state index is 0.110. The zero-order valence-corrected chi connectivity index (χ0v) is 40.6. The summed E-state index contributed by atoms with van der Waals surface area (Å²) in [5.74, 6) is -1.11. The highest BCUT2D eigenvalue weighted by atomic mass is 31.2. The van der Waals surface area contributed by atoms with Crippen molar-refractivity contribution < 1.29 is 71.4 Å². The van der Waals surface area contributed by atoms with E-state index in [0.29, 0.717) is 19.3 Å². The van der Waals surface area contributed by atoms with Gasteiger partial charge in [0, 0.05) is 12.8 Å². The largest absolute Gasteiger partial charge is 0.472 e. The molecule has 0 aromatic carbocycles. The number of aliphatic hydroxyl groups is 3. The lowest BCUT2D eigenvalue weighted by molar-refractivity contribution is -0.148. The van der Waals surface area contributed by atoms with Crippen LogP contribution < -0.4 is 0 Å². The van der Waals surface area contributed by atoms with E-state index in [1.54, 1.807) is 0 Å². The van der Waals surface area contributed by atoms with Crippen LogP contribution >= 0.6 is 15.6 Å². The fraction of sp³-hybridized carbons (Fsp3) is 0.510. The number of unbranched alkanes of at least 4 members (excludes halogenated alkanes) is 4. The number of aliphatic hydroxyl groups excluding tert-OH is 3. The maximum atomic E-state index is 12.1. The SMILES string of the molecule is CC\C=C/C=C/C=C/C=C\C=C\C=C\CCCCCC(=O)OCC(O)COP(=O)(O)OCC(O)COP(=O)(O)OCC(O)COC(=O)CCC/C=C\C/C=C\C/C=C\C/C=C\C/C=C\CC. The second-order valence-electron chi connectivity index (χ2n) is 14.5. The van der Waals surface area contributed by atoms with Crippen LogP contribution in [0.3, 0.4) is 0 Å². The Kier molecular flexibility index (Phi) is 41.2. The molecule has 0 aliphatic heterocycles. The first-order chi connectivity index (χ1) is 31.8. The van der Waals surface area contributed by atoms with Crippen molar-refractivity contribution in [3.63, 3.8) is 0 Å². The normalized spacial score (nSPS) is 16.3. The fourth-order valence-corrected chi connectivity index (χ4v) is 6.40. The van der Waals surface area contributed by atoms with Crippen molar-refractivity contribution in [3.8, 4) is 0 Å². The van der Waals surface area contributed by atoms with Gasteiger partial charge in [-0.25, -0.2) is 9.13 Å². The molecule has 0 saturated heterocycles. The fourth-order valence-electron chi connectivity index (χ4n) is 4.81. The summed E-state index contributed by atoms with van der Waals surface area (Å²) in [4.78, 5) is 43.7. The summed E-state index contributed by atoms with van der Waals surface area (Å²) >= 11 is 0. The van der Waals surface area contributed by atoms with E-state index in [4.69, 9.17) is 9.47 Å². The summed E-state index contributed by atoms with van der Waals surface area (Å²) in [7, 11) is -9.62. The van der Waals surface area contributed by atoms with Crippen LogP contribution in [0.4, 0.5) is 0 Å². The molecule has 0 aromatic rings. The Bertz CT molecular complexity index is 1690. The first kappa shape index (κ1) is 62.2. The Morgan fingerprint density at radius 1 is 0.409 bits per heavy atom. The molecule has 17 heteroatoms. The molecule has 0 aromatic heterocycles. The number of rotatable bonds is 41. The lowest BCUT2D eigenvalue weighted by Gasteiger charge is -2.19. The Morgan fingerprint density at radius 3 is 1.17 bits per heavy atom. The van der Waals surface area contributed by atoms with Crippen molar-refractivity contribution in [2.24, 2.45) is 0 Å².